The van der Waals surface area contributed by atoms with Crippen LogP contribution in [-0.2, 0) is 6.18 Å². The number of nitrogens with zero attached hydrogens (tertiary/aromatic N) is 6. The SMILES string of the molecule is Nc1noc2cc(C3=C(F)N=C([C@@H]4[C@H]5C[C@H]5c5cc(-c6cc(Cl)ccc6-n6cc(C(F)(F)F)nn6)cc(=O)n54)C3)ccc12. The number of anilines is 1. The summed E-state index contributed by atoms with van der Waals surface area (Å²) in [6.45, 7) is 0. The number of aliphatic imine (C=N–C) groups is 1. The average Bonchev–Trinajstić information content (AvgIpc) is 3.31. The molecule has 1 fully saturated rings. The second kappa shape index (κ2) is 8.86. The molecule has 2 aliphatic heterocycles. The third-order valence-corrected chi connectivity index (χ3v) is 8.58. The van der Waals surface area contributed by atoms with Gasteiger partial charge in [0.15, 0.2) is 17.1 Å². The quantitative estimate of drug-likeness (QED) is 0.188. The first-order valence-corrected chi connectivity index (χ1v) is 13.6. The topological polar surface area (TPSA) is 117 Å². The summed E-state index contributed by atoms with van der Waals surface area (Å²) in [5.41, 5.74) is 8.21. The van der Waals surface area contributed by atoms with Crippen molar-refractivity contribution in [3.05, 3.63) is 93.0 Å². The number of fused-ring (bicyclic) bond motifs is 4. The lowest BCUT2D eigenvalue weighted by atomic mass is 9.97. The maximum Gasteiger partial charge on any atom is 0.436 e. The fourth-order valence-corrected chi connectivity index (χ4v) is 6.48. The van der Waals surface area contributed by atoms with Gasteiger partial charge in [0, 0.05) is 46.0 Å². The molecule has 0 radical (unpaired) electrons. The summed E-state index contributed by atoms with van der Waals surface area (Å²) in [4.78, 5) is 17.9. The van der Waals surface area contributed by atoms with Crippen molar-refractivity contribution in [3.8, 4) is 16.8 Å². The van der Waals surface area contributed by atoms with Gasteiger partial charge in [0.25, 0.3) is 5.56 Å². The van der Waals surface area contributed by atoms with E-state index in [9.17, 15) is 18.0 Å². The van der Waals surface area contributed by atoms with Crippen LogP contribution >= 0.6 is 11.6 Å². The first-order valence-electron chi connectivity index (χ1n) is 13.2. The minimum Gasteiger partial charge on any atom is -0.380 e. The van der Waals surface area contributed by atoms with Crippen LogP contribution in [0.15, 0.2) is 75.0 Å². The molecule has 2 N–H and O–H groups in total. The van der Waals surface area contributed by atoms with Crippen molar-refractivity contribution in [2.24, 2.45) is 10.9 Å². The maximum absolute atomic E-state index is 15.2. The lowest BCUT2D eigenvalue weighted by Gasteiger charge is -2.20. The molecule has 0 bridgehead atoms. The fraction of sp³-hybridized carbons (Fsp3) is 0.207. The minimum atomic E-state index is -4.67. The number of pyridine rings is 1. The van der Waals surface area contributed by atoms with E-state index in [4.69, 9.17) is 21.9 Å². The van der Waals surface area contributed by atoms with Gasteiger partial charge in [-0.15, -0.1) is 5.10 Å². The Morgan fingerprint density at radius 1 is 1.07 bits per heavy atom. The summed E-state index contributed by atoms with van der Waals surface area (Å²) in [5.74, 6) is -0.231. The van der Waals surface area contributed by atoms with E-state index >= 15 is 4.39 Å². The molecule has 0 saturated heterocycles. The van der Waals surface area contributed by atoms with Crippen LogP contribution < -0.4 is 11.3 Å². The van der Waals surface area contributed by atoms with Gasteiger partial charge in [-0.2, -0.15) is 17.6 Å². The number of nitrogen functional groups attached to an aromatic ring is 1. The third kappa shape index (κ3) is 4.02. The predicted octanol–water partition coefficient (Wildman–Crippen LogP) is 6.33. The molecule has 14 heteroatoms. The zero-order chi connectivity index (χ0) is 29.8. The van der Waals surface area contributed by atoms with Crippen LogP contribution in [0.3, 0.4) is 0 Å². The smallest absolute Gasteiger partial charge is 0.380 e. The summed E-state index contributed by atoms with van der Waals surface area (Å²) >= 11 is 6.27. The second-order valence-corrected chi connectivity index (χ2v) is 11.3. The Balaban J connectivity index is 1.14. The molecule has 3 aliphatic rings. The molecule has 5 aromatic rings. The van der Waals surface area contributed by atoms with E-state index in [2.05, 4.69) is 20.5 Å². The van der Waals surface area contributed by atoms with Crippen LogP contribution in [0, 0.1) is 5.92 Å². The first-order chi connectivity index (χ1) is 20.6. The van der Waals surface area contributed by atoms with Crippen LogP contribution in [-0.4, -0.2) is 30.4 Å². The molecule has 2 aromatic carbocycles. The van der Waals surface area contributed by atoms with Gasteiger partial charge in [0.05, 0.1) is 23.3 Å². The van der Waals surface area contributed by atoms with Crippen LogP contribution in [0.4, 0.5) is 23.4 Å². The molecule has 43 heavy (non-hydrogen) atoms. The number of halogens is 5. The van der Waals surface area contributed by atoms with Gasteiger partial charge in [-0.25, -0.2) is 9.67 Å². The Hall–Kier alpha value is -4.78. The minimum absolute atomic E-state index is 0.0619. The Morgan fingerprint density at radius 3 is 2.70 bits per heavy atom. The highest BCUT2D eigenvalue weighted by Gasteiger charge is 2.55. The molecule has 8 rings (SSSR count). The number of rotatable bonds is 4. The lowest BCUT2D eigenvalue weighted by Crippen LogP contribution is -2.29. The maximum atomic E-state index is 15.2. The first kappa shape index (κ1) is 25.9. The van der Waals surface area contributed by atoms with Gasteiger partial charge in [-0.3, -0.25) is 4.79 Å². The molecule has 3 aromatic heterocycles. The van der Waals surface area contributed by atoms with Gasteiger partial charge in [0.2, 0.25) is 5.95 Å². The van der Waals surface area contributed by atoms with Crippen molar-refractivity contribution in [3.63, 3.8) is 0 Å². The van der Waals surface area contributed by atoms with Crippen molar-refractivity contribution < 1.29 is 22.1 Å². The number of benzene rings is 2. The number of hydrogen-bond donors (Lipinski definition) is 1. The highest BCUT2D eigenvalue weighted by Crippen LogP contribution is 2.60. The standard InChI is InChI=1S/C29H18ClF4N7O2/c30-14-2-4-21(40-11-24(37-39-40)29(32,33)34)16(8-14)13-5-22-18-9-19(18)26(41(22)25(42)7-13)20-10-17(27(31)36-20)12-1-3-15-23(6-12)43-38-28(15)35/h1-8,11,18-19,26H,9-10H2,(H2,35,38)/t18-,19+,26+/m1/s1. The molecule has 216 valence electrons. The summed E-state index contributed by atoms with van der Waals surface area (Å²) in [5, 5.41) is 11.6. The number of nitrogens with two attached hydrogens (primary N) is 1. The van der Waals surface area contributed by atoms with E-state index in [0.29, 0.717) is 44.0 Å². The number of alkyl halides is 3. The number of hydrogen-bond acceptors (Lipinski definition) is 7. The van der Waals surface area contributed by atoms with Crippen molar-refractivity contribution in [2.75, 3.05) is 5.73 Å². The average molecular weight is 608 g/mol. The Labute approximate surface area is 243 Å². The molecule has 0 amide bonds. The van der Waals surface area contributed by atoms with Gasteiger partial charge >= 0.3 is 6.18 Å². The molecule has 5 heterocycles. The highest BCUT2D eigenvalue weighted by molar-refractivity contribution is 6.31. The van der Waals surface area contributed by atoms with Gasteiger partial charge in [-0.1, -0.05) is 28.0 Å². The van der Waals surface area contributed by atoms with E-state index in [0.717, 1.165) is 23.0 Å². The van der Waals surface area contributed by atoms with Crippen LogP contribution in [0.25, 0.3) is 33.4 Å². The molecular weight excluding hydrogens is 590 g/mol. The molecule has 3 atom stereocenters. The van der Waals surface area contributed by atoms with Crippen LogP contribution in [0.2, 0.25) is 5.02 Å². The Morgan fingerprint density at radius 2 is 1.91 bits per heavy atom. The third-order valence-electron chi connectivity index (χ3n) is 8.34. The van der Waals surface area contributed by atoms with Gasteiger partial charge in [-0.05, 0) is 59.9 Å². The van der Waals surface area contributed by atoms with E-state index in [-0.39, 0.29) is 35.3 Å². The van der Waals surface area contributed by atoms with Crippen molar-refractivity contribution in [2.45, 2.75) is 31.0 Å². The second-order valence-electron chi connectivity index (χ2n) is 10.9. The van der Waals surface area contributed by atoms with Crippen molar-refractivity contribution in [1.82, 2.24) is 24.7 Å². The Bertz CT molecular complexity index is 2130. The molecule has 1 aliphatic carbocycles. The van der Waals surface area contributed by atoms with E-state index in [1.165, 1.54) is 18.2 Å². The van der Waals surface area contributed by atoms with E-state index < -0.39 is 23.9 Å². The molecule has 9 nitrogen and oxygen atoms in total. The largest absolute Gasteiger partial charge is 0.436 e. The van der Waals surface area contributed by atoms with Gasteiger partial charge in [0.1, 0.15) is 0 Å². The molecule has 0 spiro atoms. The number of aromatic nitrogens is 5. The molecule has 0 unspecified atom stereocenters. The van der Waals surface area contributed by atoms with E-state index in [1.54, 1.807) is 28.8 Å². The summed E-state index contributed by atoms with van der Waals surface area (Å²) < 4.78 is 62.7. The lowest BCUT2D eigenvalue weighted by molar-refractivity contribution is -0.141. The summed E-state index contributed by atoms with van der Waals surface area (Å²) in [6, 6.07) is 12.6. The highest BCUT2D eigenvalue weighted by atomic mass is 35.5. The summed E-state index contributed by atoms with van der Waals surface area (Å²) in [6.07, 6.45) is -2.87. The zero-order valence-corrected chi connectivity index (χ0v) is 22.6. The number of allylic oxidation sites excluding steroid dienone is 1. The van der Waals surface area contributed by atoms with Crippen LogP contribution in [0.5, 0.6) is 0 Å². The van der Waals surface area contributed by atoms with Crippen molar-refractivity contribution >= 4 is 39.7 Å². The predicted molar refractivity (Wildman–Crippen MR) is 149 cm³/mol. The molecular formula is C29H18ClF4N7O2. The summed E-state index contributed by atoms with van der Waals surface area (Å²) in [7, 11) is 0. The Kier molecular flexibility index (Phi) is 5.34. The molecule has 1 saturated carbocycles. The monoisotopic (exact) mass is 607 g/mol. The van der Waals surface area contributed by atoms with Gasteiger partial charge < -0.3 is 14.8 Å². The van der Waals surface area contributed by atoms with Crippen molar-refractivity contribution in [1.29, 1.82) is 0 Å². The van der Waals surface area contributed by atoms with Crippen LogP contribution in [0.1, 0.15) is 41.8 Å². The fourth-order valence-electron chi connectivity index (χ4n) is 6.30. The normalized spacial score (nSPS) is 21.0. The zero-order valence-electron chi connectivity index (χ0n) is 21.8. The van der Waals surface area contributed by atoms with E-state index in [1.807, 2.05) is 6.07 Å².